The van der Waals surface area contributed by atoms with Crippen molar-refractivity contribution in [3.05, 3.63) is 24.0 Å². The predicted molar refractivity (Wildman–Crippen MR) is 104 cm³/mol. The van der Waals surface area contributed by atoms with Crippen molar-refractivity contribution in [3.8, 4) is 0 Å². The quantitative estimate of drug-likeness (QED) is 0.428. The second-order valence-corrected chi connectivity index (χ2v) is 6.98. The molecule has 1 N–H and O–H groups in total. The molecule has 0 aliphatic rings. The van der Waals surface area contributed by atoms with Gasteiger partial charge in [-0.25, -0.2) is 0 Å². The van der Waals surface area contributed by atoms with Crippen LogP contribution in [0.2, 0.25) is 0 Å². The van der Waals surface area contributed by atoms with Gasteiger partial charge in [0, 0.05) is 57.7 Å². The molecule has 138 valence electrons. The van der Waals surface area contributed by atoms with Crippen LogP contribution in [0, 0.1) is 0 Å². The molecule has 0 aromatic carbocycles. The Labute approximate surface area is 148 Å². The fourth-order valence-electron chi connectivity index (χ4n) is 3.00. The van der Waals surface area contributed by atoms with Crippen molar-refractivity contribution in [2.75, 3.05) is 26.7 Å². The number of aliphatic imine (C=N–C) groups is 1. The molecule has 0 unspecified atom stereocenters. The smallest absolute Gasteiger partial charge is 0.194 e. The molecule has 0 amide bonds. The van der Waals surface area contributed by atoms with Gasteiger partial charge < -0.3 is 14.8 Å². The van der Waals surface area contributed by atoms with Crippen LogP contribution in [-0.4, -0.2) is 59.1 Å². The molecule has 1 aromatic heterocycles. The molecule has 0 aliphatic heterocycles. The molecule has 0 atom stereocenters. The second-order valence-electron chi connectivity index (χ2n) is 6.98. The van der Waals surface area contributed by atoms with Gasteiger partial charge in [-0.1, -0.05) is 0 Å². The Hall–Kier alpha value is -1.49. The summed E-state index contributed by atoms with van der Waals surface area (Å²) in [6, 6.07) is 5.41. The first-order valence-corrected chi connectivity index (χ1v) is 9.22. The Balaban J connectivity index is 2.57. The van der Waals surface area contributed by atoms with Crippen LogP contribution in [0.4, 0.5) is 0 Å². The molecule has 1 aromatic rings. The van der Waals surface area contributed by atoms with Crippen molar-refractivity contribution in [2.24, 2.45) is 12.0 Å². The third kappa shape index (κ3) is 6.56. The molecule has 0 radical (unpaired) electrons. The summed E-state index contributed by atoms with van der Waals surface area (Å²) in [5.41, 5.74) is 1.29. The minimum Gasteiger partial charge on any atom is -0.357 e. The van der Waals surface area contributed by atoms with Crippen molar-refractivity contribution in [2.45, 2.75) is 59.7 Å². The van der Waals surface area contributed by atoms with E-state index in [2.05, 4.69) is 86.7 Å². The molecule has 0 spiro atoms. The summed E-state index contributed by atoms with van der Waals surface area (Å²) in [7, 11) is 4.18. The minimum absolute atomic E-state index is 0.585. The molecular formula is C19H37N5. The molecule has 5 heteroatoms. The number of hydrogen-bond acceptors (Lipinski definition) is 2. The fraction of sp³-hybridized carbons (Fsp3) is 0.737. The molecule has 0 saturated carbocycles. The van der Waals surface area contributed by atoms with E-state index in [1.54, 1.807) is 0 Å². The van der Waals surface area contributed by atoms with E-state index in [1.807, 2.05) is 0 Å². The monoisotopic (exact) mass is 335 g/mol. The lowest BCUT2D eigenvalue weighted by Gasteiger charge is -2.30. The first kappa shape index (κ1) is 20.6. The van der Waals surface area contributed by atoms with Crippen molar-refractivity contribution in [1.82, 2.24) is 19.7 Å². The maximum absolute atomic E-state index is 4.81. The van der Waals surface area contributed by atoms with Crippen LogP contribution >= 0.6 is 0 Å². The van der Waals surface area contributed by atoms with Crippen molar-refractivity contribution >= 4 is 5.96 Å². The van der Waals surface area contributed by atoms with Crippen LogP contribution < -0.4 is 5.32 Å². The third-order valence-electron chi connectivity index (χ3n) is 4.31. The highest BCUT2D eigenvalue weighted by Crippen LogP contribution is 2.06. The van der Waals surface area contributed by atoms with E-state index in [4.69, 9.17) is 4.99 Å². The normalized spacial score (nSPS) is 12.5. The standard InChI is InChI=1S/C19H37N5/c1-8-20-19(23(7)15-18-11-9-13-22(18)6)21-12-10-14-24(16(2)3)17(4)5/h9,11,13,16-17H,8,10,12,14-15H2,1-7H3,(H,20,21). The zero-order valence-electron chi connectivity index (χ0n) is 16.7. The fourth-order valence-corrected chi connectivity index (χ4v) is 3.00. The lowest BCUT2D eigenvalue weighted by Crippen LogP contribution is -2.39. The SMILES string of the molecule is CCNC(=NCCCN(C(C)C)C(C)C)N(C)Cc1cccn1C. The Morgan fingerprint density at radius 1 is 1.25 bits per heavy atom. The number of nitrogens with one attached hydrogen (secondary N) is 1. The molecule has 5 nitrogen and oxygen atoms in total. The summed E-state index contributed by atoms with van der Waals surface area (Å²) in [5.74, 6) is 0.986. The zero-order chi connectivity index (χ0) is 18.1. The van der Waals surface area contributed by atoms with Crippen LogP contribution in [-0.2, 0) is 13.6 Å². The Kier molecular flexibility index (Phi) is 8.90. The predicted octanol–water partition coefficient (Wildman–Crippen LogP) is 2.93. The van der Waals surface area contributed by atoms with E-state index in [1.165, 1.54) is 5.69 Å². The van der Waals surface area contributed by atoms with Crippen LogP contribution in [0.15, 0.2) is 23.3 Å². The van der Waals surface area contributed by atoms with Gasteiger partial charge in [0.15, 0.2) is 5.96 Å². The summed E-state index contributed by atoms with van der Waals surface area (Å²) in [6.45, 7) is 14.9. The van der Waals surface area contributed by atoms with Gasteiger partial charge in [0.05, 0.1) is 6.54 Å². The number of nitrogens with zero attached hydrogens (tertiary/aromatic N) is 4. The molecule has 0 fully saturated rings. The van der Waals surface area contributed by atoms with Crippen molar-refractivity contribution < 1.29 is 0 Å². The van der Waals surface area contributed by atoms with E-state index in [0.29, 0.717) is 12.1 Å². The van der Waals surface area contributed by atoms with Gasteiger partial charge in [0.25, 0.3) is 0 Å². The van der Waals surface area contributed by atoms with Gasteiger partial charge in [-0.2, -0.15) is 0 Å². The summed E-state index contributed by atoms with van der Waals surface area (Å²) in [6.07, 6.45) is 3.17. The topological polar surface area (TPSA) is 35.8 Å². The highest BCUT2D eigenvalue weighted by atomic mass is 15.3. The van der Waals surface area contributed by atoms with Gasteiger partial charge in [-0.15, -0.1) is 0 Å². The van der Waals surface area contributed by atoms with Crippen molar-refractivity contribution in [1.29, 1.82) is 0 Å². The highest BCUT2D eigenvalue weighted by molar-refractivity contribution is 5.79. The van der Waals surface area contributed by atoms with Crippen LogP contribution in [0.3, 0.4) is 0 Å². The molecule has 0 bridgehead atoms. The van der Waals surface area contributed by atoms with Crippen molar-refractivity contribution in [3.63, 3.8) is 0 Å². The van der Waals surface area contributed by atoms with E-state index in [9.17, 15) is 0 Å². The molecular weight excluding hydrogens is 298 g/mol. The Morgan fingerprint density at radius 3 is 2.42 bits per heavy atom. The van der Waals surface area contributed by atoms with E-state index in [0.717, 1.165) is 38.6 Å². The molecule has 0 aliphatic carbocycles. The first-order valence-electron chi connectivity index (χ1n) is 9.22. The molecule has 1 heterocycles. The summed E-state index contributed by atoms with van der Waals surface area (Å²) in [4.78, 5) is 9.53. The third-order valence-corrected chi connectivity index (χ3v) is 4.31. The van der Waals surface area contributed by atoms with Crippen LogP contribution in [0.25, 0.3) is 0 Å². The van der Waals surface area contributed by atoms with Crippen LogP contribution in [0.5, 0.6) is 0 Å². The highest BCUT2D eigenvalue weighted by Gasteiger charge is 2.12. The number of aryl methyl sites for hydroxylation is 1. The van der Waals surface area contributed by atoms with Gasteiger partial charge in [0.2, 0.25) is 0 Å². The summed E-state index contributed by atoms with van der Waals surface area (Å²) >= 11 is 0. The maximum Gasteiger partial charge on any atom is 0.194 e. The Bertz CT molecular complexity index is 482. The molecule has 1 rings (SSSR count). The summed E-state index contributed by atoms with van der Waals surface area (Å²) < 4.78 is 2.16. The lowest BCUT2D eigenvalue weighted by molar-refractivity contribution is 0.174. The number of aromatic nitrogens is 1. The van der Waals surface area contributed by atoms with Gasteiger partial charge in [0.1, 0.15) is 0 Å². The summed E-state index contributed by atoms with van der Waals surface area (Å²) in [5, 5.41) is 3.40. The van der Waals surface area contributed by atoms with E-state index >= 15 is 0 Å². The van der Waals surface area contributed by atoms with Gasteiger partial charge in [-0.05, 0) is 53.2 Å². The zero-order valence-corrected chi connectivity index (χ0v) is 16.7. The van der Waals surface area contributed by atoms with E-state index < -0.39 is 0 Å². The molecule has 0 saturated heterocycles. The largest absolute Gasteiger partial charge is 0.357 e. The lowest BCUT2D eigenvalue weighted by atomic mass is 10.2. The minimum atomic E-state index is 0.585. The molecule has 24 heavy (non-hydrogen) atoms. The number of guanidine groups is 1. The van der Waals surface area contributed by atoms with Crippen LogP contribution in [0.1, 0.15) is 46.7 Å². The van der Waals surface area contributed by atoms with Gasteiger partial charge in [-0.3, -0.25) is 9.89 Å². The average Bonchev–Trinajstić information content (AvgIpc) is 2.90. The van der Waals surface area contributed by atoms with Gasteiger partial charge >= 0.3 is 0 Å². The van der Waals surface area contributed by atoms with E-state index in [-0.39, 0.29) is 0 Å². The first-order chi connectivity index (χ1) is 11.4. The average molecular weight is 336 g/mol. The second kappa shape index (κ2) is 10.4. The maximum atomic E-state index is 4.81. The Morgan fingerprint density at radius 2 is 1.92 bits per heavy atom. The number of hydrogen-bond donors (Lipinski definition) is 1. The number of rotatable bonds is 9.